The molecule has 1 amide bonds. The lowest BCUT2D eigenvalue weighted by Gasteiger charge is -2.08. The van der Waals surface area contributed by atoms with Crippen molar-refractivity contribution in [2.75, 3.05) is 20.3 Å². The predicted molar refractivity (Wildman–Crippen MR) is 69.1 cm³/mol. The fraction of sp³-hybridized carbons (Fsp3) is 0.417. The molecule has 1 aromatic rings. The van der Waals surface area contributed by atoms with Crippen LogP contribution in [0.4, 0.5) is 0 Å². The maximum atomic E-state index is 11.6. The van der Waals surface area contributed by atoms with Crippen LogP contribution in [0.1, 0.15) is 12.0 Å². The number of ether oxygens (including phenoxy) is 1. The van der Waals surface area contributed by atoms with Crippen molar-refractivity contribution in [3.8, 4) is 5.75 Å². The Morgan fingerprint density at radius 3 is 2.94 bits per heavy atom. The molecule has 2 N–H and O–H groups in total. The van der Waals surface area contributed by atoms with Gasteiger partial charge in [-0.3, -0.25) is 4.79 Å². The molecule has 5 heteroatoms. The van der Waals surface area contributed by atoms with Crippen LogP contribution in [0.2, 0.25) is 0 Å². The van der Waals surface area contributed by atoms with E-state index >= 15 is 0 Å². The second-order valence-electron chi connectivity index (χ2n) is 3.56. The third kappa shape index (κ3) is 4.75. The van der Waals surface area contributed by atoms with Crippen molar-refractivity contribution in [1.82, 2.24) is 5.32 Å². The van der Waals surface area contributed by atoms with E-state index in [1.807, 2.05) is 18.2 Å². The van der Waals surface area contributed by atoms with Crippen LogP contribution in [0, 0.1) is 0 Å². The van der Waals surface area contributed by atoms with E-state index in [0.29, 0.717) is 19.4 Å². The number of aliphatic hydroxyl groups is 1. The van der Waals surface area contributed by atoms with Crippen LogP contribution in [0.15, 0.2) is 22.7 Å². The summed E-state index contributed by atoms with van der Waals surface area (Å²) in [5, 5.41) is 11.3. The molecule has 0 saturated carbocycles. The molecule has 0 spiro atoms. The Hall–Kier alpha value is -1.07. The average molecular weight is 302 g/mol. The number of halogens is 1. The molecule has 0 aliphatic rings. The van der Waals surface area contributed by atoms with Gasteiger partial charge in [0.05, 0.1) is 13.5 Å². The molecule has 1 aromatic carbocycles. The van der Waals surface area contributed by atoms with Crippen molar-refractivity contribution < 1.29 is 14.6 Å². The minimum atomic E-state index is -0.0626. The number of carbonyl (C=O) groups is 1. The van der Waals surface area contributed by atoms with Gasteiger partial charge in [-0.2, -0.15) is 0 Å². The maximum Gasteiger partial charge on any atom is 0.224 e. The van der Waals surface area contributed by atoms with Crippen LogP contribution >= 0.6 is 15.9 Å². The number of methoxy groups -OCH3 is 1. The lowest BCUT2D eigenvalue weighted by molar-refractivity contribution is -0.120. The molecular formula is C12H16BrNO3. The zero-order valence-corrected chi connectivity index (χ0v) is 11.3. The second-order valence-corrected chi connectivity index (χ2v) is 4.42. The van der Waals surface area contributed by atoms with E-state index in [1.165, 1.54) is 0 Å². The highest BCUT2D eigenvalue weighted by Gasteiger charge is 2.07. The Balaban J connectivity index is 2.57. The van der Waals surface area contributed by atoms with Crippen LogP contribution in [0.3, 0.4) is 0 Å². The predicted octanol–water partition coefficient (Wildman–Crippen LogP) is 1.50. The van der Waals surface area contributed by atoms with Crippen molar-refractivity contribution in [3.05, 3.63) is 28.2 Å². The van der Waals surface area contributed by atoms with E-state index < -0.39 is 0 Å². The average Bonchev–Trinajstić information content (AvgIpc) is 2.32. The van der Waals surface area contributed by atoms with E-state index in [0.717, 1.165) is 15.8 Å². The minimum absolute atomic E-state index is 0.0626. The monoisotopic (exact) mass is 301 g/mol. The standard InChI is InChI=1S/C12H16BrNO3/c1-17-10-3-4-11(13)9(7-10)8-12(16)14-5-2-6-15/h3-4,7,15H,2,5-6,8H2,1H3,(H,14,16). The number of nitrogens with one attached hydrogen (secondary N) is 1. The van der Waals surface area contributed by atoms with Gasteiger partial charge in [-0.05, 0) is 30.2 Å². The molecule has 1 rings (SSSR count). The molecule has 0 aliphatic carbocycles. The lowest BCUT2D eigenvalue weighted by Crippen LogP contribution is -2.26. The molecule has 0 atom stereocenters. The molecule has 0 fully saturated rings. The number of carbonyl (C=O) groups excluding carboxylic acids is 1. The van der Waals surface area contributed by atoms with Gasteiger partial charge >= 0.3 is 0 Å². The van der Waals surface area contributed by atoms with Gasteiger partial charge in [0, 0.05) is 17.6 Å². The van der Waals surface area contributed by atoms with E-state index in [4.69, 9.17) is 9.84 Å². The Bertz CT molecular complexity index is 382. The summed E-state index contributed by atoms with van der Waals surface area (Å²) in [6, 6.07) is 5.52. The van der Waals surface area contributed by atoms with E-state index in [2.05, 4.69) is 21.2 Å². The van der Waals surface area contributed by atoms with Crippen LogP contribution in [-0.4, -0.2) is 31.3 Å². The highest BCUT2D eigenvalue weighted by molar-refractivity contribution is 9.10. The number of aliphatic hydroxyl groups excluding tert-OH is 1. The van der Waals surface area contributed by atoms with Crippen molar-refractivity contribution in [2.24, 2.45) is 0 Å². The van der Waals surface area contributed by atoms with Gasteiger partial charge in [-0.15, -0.1) is 0 Å². The van der Waals surface area contributed by atoms with Crippen LogP contribution < -0.4 is 10.1 Å². The first kappa shape index (κ1) is 14.0. The third-order valence-corrected chi connectivity index (χ3v) is 3.03. The van der Waals surface area contributed by atoms with E-state index in [1.54, 1.807) is 7.11 Å². The van der Waals surface area contributed by atoms with Crippen molar-refractivity contribution in [2.45, 2.75) is 12.8 Å². The van der Waals surface area contributed by atoms with E-state index in [9.17, 15) is 4.79 Å². The van der Waals surface area contributed by atoms with Gasteiger partial charge in [0.2, 0.25) is 5.91 Å². The van der Waals surface area contributed by atoms with Crippen molar-refractivity contribution in [1.29, 1.82) is 0 Å². The molecule has 0 aromatic heterocycles. The van der Waals surface area contributed by atoms with Crippen LogP contribution in [0.25, 0.3) is 0 Å². The molecule has 0 saturated heterocycles. The number of hydrogen-bond acceptors (Lipinski definition) is 3. The van der Waals surface area contributed by atoms with Crippen LogP contribution in [0.5, 0.6) is 5.75 Å². The Kier molecular flexibility index (Phi) is 6.00. The molecule has 17 heavy (non-hydrogen) atoms. The molecular weight excluding hydrogens is 286 g/mol. The Labute approximate surface area is 109 Å². The zero-order valence-electron chi connectivity index (χ0n) is 9.70. The zero-order chi connectivity index (χ0) is 12.7. The van der Waals surface area contributed by atoms with Crippen molar-refractivity contribution in [3.63, 3.8) is 0 Å². The first-order chi connectivity index (χ1) is 8.17. The number of hydrogen-bond donors (Lipinski definition) is 2. The number of benzene rings is 1. The summed E-state index contributed by atoms with van der Waals surface area (Å²) in [5.74, 6) is 0.666. The molecule has 0 bridgehead atoms. The summed E-state index contributed by atoms with van der Waals surface area (Å²) in [6.07, 6.45) is 0.869. The fourth-order valence-corrected chi connectivity index (χ4v) is 1.74. The van der Waals surface area contributed by atoms with Gasteiger partial charge in [0.1, 0.15) is 5.75 Å². The molecule has 94 valence electrons. The molecule has 4 nitrogen and oxygen atoms in total. The largest absolute Gasteiger partial charge is 0.497 e. The number of amides is 1. The third-order valence-electron chi connectivity index (χ3n) is 2.26. The smallest absolute Gasteiger partial charge is 0.224 e. The Morgan fingerprint density at radius 2 is 2.29 bits per heavy atom. The maximum absolute atomic E-state index is 11.6. The summed E-state index contributed by atoms with van der Waals surface area (Å²) >= 11 is 3.39. The summed E-state index contributed by atoms with van der Waals surface area (Å²) in [6.45, 7) is 0.583. The Morgan fingerprint density at radius 1 is 1.53 bits per heavy atom. The molecule has 0 radical (unpaired) electrons. The highest BCUT2D eigenvalue weighted by Crippen LogP contribution is 2.22. The summed E-state index contributed by atoms with van der Waals surface area (Å²) in [5.41, 5.74) is 0.880. The van der Waals surface area contributed by atoms with Gasteiger partial charge in [-0.1, -0.05) is 15.9 Å². The van der Waals surface area contributed by atoms with Gasteiger partial charge in [0.15, 0.2) is 0 Å². The summed E-state index contributed by atoms with van der Waals surface area (Å²) in [4.78, 5) is 11.6. The fourth-order valence-electron chi connectivity index (χ4n) is 1.36. The van der Waals surface area contributed by atoms with Gasteiger partial charge in [0.25, 0.3) is 0 Å². The summed E-state index contributed by atoms with van der Waals surface area (Å²) in [7, 11) is 1.59. The molecule has 0 heterocycles. The van der Waals surface area contributed by atoms with Crippen LogP contribution in [-0.2, 0) is 11.2 Å². The first-order valence-corrected chi connectivity index (χ1v) is 6.16. The minimum Gasteiger partial charge on any atom is -0.497 e. The second kappa shape index (κ2) is 7.29. The quantitative estimate of drug-likeness (QED) is 0.783. The summed E-state index contributed by atoms with van der Waals surface area (Å²) < 4.78 is 5.99. The van der Waals surface area contributed by atoms with Gasteiger partial charge < -0.3 is 15.2 Å². The molecule has 0 unspecified atom stereocenters. The van der Waals surface area contributed by atoms with E-state index in [-0.39, 0.29) is 12.5 Å². The molecule has 0 aliphatic heterocycles. The van der Waals surface area contributed by atoms with Gasteiger partial charge in [-0.25, -0.2) is 0 Å². The SMILES string of the molecule is COc1ccc(Br)c(CC(=O)NCCCO)c1. The number of rotatable bonds is 6. The van der Waals surface area contributed by atoms with Crippen molar-refractivity contribution >= 4 is 21.8 Å². The topological polar surface area (TPSA) is 58.6 Å². The first-order valence-electron chi connectivity index (χ1n) is 5.37. The lowest BCUT2D eigenvalue weighted by atomic mass is 10.1. The highest BCUT2D eigenvalue weighted by atomic mass is 79.9. The normalized spacial score (nSPS) is 10.1.